The van der Waals surface area contributed by atoms with E-state index in [4.69, 9.17) is 0 Å². The van der Waals surface area contributed by atoms with Gasteiger partial charge in [-0.25, -0.2) is 0 Å². The summed E-state index contributed by atoms with van der Waals surface area (Å²) in [5.74, 6) is -0.0198. The summed E-state index contributed by atoms with van der Waals surface area (Å²) in [4.78, 5) is 11.9. The molecule has 0 aromatic heterocycles. The maximum atomic E-state index is 11.9. The van der Waals surface area contributed by atoms with Gasteiger partial charge in [0.1, 0.15) is 0 Å². The molecule has 1 N–H and O–H groups in total. The lowest BCUT2D eigenvalue weighted by molar-refractivity contribution is 0.104. The van der Waals surface area contributed by atoms with Gasteiger partial charge >= 0.3 is 0 Å². The monoisotopic (exact) mass is 315 g/mol. The van der Waals surface area contributed by atoms with E-state index in [1.165, 1.54) is 6.08 Å². The van der Waals surface area contributed by atoms with E-state index in [0.717, 1.165) is 15.7 Å². The summed E-state index contributed by atoms with van der Waals surface area (Å²) in [6.45, 7) is 2.02. The zero-order valence-corrected chi connectivity index (χ0v) is 12.1. The fourth-order valence-corrected chi connectivity index (χ4v) is 1.92. The van der Waals surface area contributed by atoms with Gasteiger partial charge in [-0.15, -0.1) is 0 Å². The first kappa shape index (κ1) is 13.6. The largest absolute Gasteiger partial charge is 0.361 e. The highest BCUT2D eigenvalue weighted by Crippen LogP contribution is 2.13. The first-order valence-corrected chi connectivity index (χ1v) is 6.75. The average molecular weight is 316 g/mol. The Bertz CT molecular complexity index is 602. The van der Waals surface area contributed by atoms with Crippen molar-refractivity contribution in [2.45, 2.75) is 6.92 Å². The molecule has 0 radical (unpaired) electrons. The number of rotatable bonds is 4. The lowest BCUT2D eigenvalue weighted by Crippen LogP contribution is -1.96. The Morgan fingerprint density at radius 2 is 1.79 bits per heavy atom. The molecule has 0 spiro atoms. The Hall–Kier alpha value is -1.87. The van der Waals surface area contributed by atoms with E-state index >= 15 is 0 Å². The van der Waals surface area contributed by atoms with Crippen LogP contribution in [0.3, 0.4) is 0 Å². The number of ketones is 1. The van der Waals surface area contributed by atoms with Gasteiger partial charge in [0, 0.05) is 28.0 Å². The molecule has 2 aromatic rings. The van der Waals surface area contributed by atoms with Crippen molar-refractivity contribution in [2.75, 3.05) is 5.32 Å². The number of carbonyl (C=O) groups excluding carboxylic acids is 1. The summed E-state index contributed by atoms with van der Waals surface area (Å²) in [7, 11) is 0. The molecule has 0 unspecified atom stereocenters. The molecule has 0 fully saturated rings. The number of nitrogens with one attached hydrogen (secondary N) is 1. The van der Waals surface area contributed by atoms with Crippen molar-refractivity contribution in [1.82, 2.24) is 0 Å². The minimum Gasteiger partial charge on any atom is -0.361 e. The quantitative estimate of drug-likeness (QED) is 0.661. The highest BCUT2D eigenvalue weighted by Gasteiger charge is 2.00. The van der Waals surface area contributed by atoms with Crippen LogP contribution in [0, 0.1) is 6.92 Å². The number of hydrogen-bond donors (Lipinski definition) is 1. The normalized spacial score (nSPS) is 10.6. The van der Waals surface area contributed by atoms with Crippen molar-refractivity contribution in [3.05, 3.63) is 76.4 Å². The first-order chi connectivity index (χ1) is 9.16. The predicted molar refractivity (Wildman–Crippen MR) is 82.4 cm³/mol. The van der Waals surface area contributed by atoms with Crippen molar-refractivity contribution >= 4 is 27.4 Å². The fraction of sp³-hybridized carbons (Fsp3) is 0.0625. The van der Waals surface area contributed by atoms with Crippen LogP contribution in [0.15, 0.2) is 65.3 Å². The predicted octanol–water partition coefficient (Wildman–Crippen LogP) is 4.57. The highest BCUT2D eigenvalue weighted by molar-refractivity contribution is 9.10. The molecule has 0 saturated carbocycles. The maximum absolute atomic E-state index is 11.9. The van der Waals surface area contributed by atoms with Crippen molar-refractivity contribution in [3.63, 3.8) is 0 Å². The maximum Gasteiger partial charge on any atom is 0.187 e. The summed E-state index contributed by atoms with van der Waals surface area (Å²) in [5, 5.41) is 3.11. The molecule has 2 rings (SSSR count). The van der Waals surface area contributed by atoms with Crippen LogP contribution in [-0.2, 0) is 0 Å². The van der Waals surface area contributed by atoms with Gasteiger partial charge < -0.3 is 5.32 Å². The molecule has 96 valence electrons. The number of hydrogen-bond acceptors (Lipinski definition) is 2. The van der Waals surface area contributed by atoms with E-state index < -0.39 is 0 Å². The molecule has 0 saturated heterocycles. The second kappa shape index (κ2) is 6.34. The van der Waals surface area contributed by atoms with Crippen LogP contribution < -0.4 is 5.32 Å². The third kappa shape index (κ3) is 3.80. The molecule has 0 atom stereocenters. The van der Waals surface area contributed by atoms with Crippen LogP contribution in [0.2, 0.25) is 0 Å². The smallest absolute Gasteiger partial charge is 0.187 e. The number of benzene rings is 2. The standard InChI is InChI=1S/C16H14BrNO/c1-12-4-2-3-5-15(12)18-11-10-16(19)13-6-8-14(17)9-7-13/h2-11,18H,1H3. The molecule has 0 aliphatic rings. The van der Waals surface area contributed by atoms with Gasteiger partial charge in [0.05, 0.1) is 0 Å². The SMILES string of the molecule is Cc1ccccc1NC=CC(=O)c1ccc(Br)cc1. The summed E-state index contributed by atoms with van der Waals surface area (Å²) in [6.07, 6.45) is 3.21. The minimum atomic E-state index is -0.0198. The zero-order chi connectivity index (χ0) is 13.7. The topological polar surface area (TPSA) is 29.1 Å². The van der Waals surface area contributed by atoms with Crippen LogP contribution in [0.4, 0.5) is 5.69 Å². The van der Waals surface area contributed by atoms with Gasteiger partial charge in [0.2, 0.25) is 0 Å². The van der Waals surface area contributed by atoms with Crippen molar-refractivity contribution in [2.24, 2.45) is 0 Å². The van der Waals surface area contributed by atoms with Crippen molar-refractivity contribution in [3.8, 4) is 0 Å². The van der Waals surface area contributed by atoms with E-state index in [2.05, 4.69) is 21.2 Å². The van der Waals surface area contributed by atoms with Gasteiger partial charge in [-0.2, -0.15) is 0 Å². The van der Waals surface area contributed by atoms with Gasteiger partial charge in [-0.05, 0) is 42.8 Å². The second-order valence-electron chi connectivity index (χ2n) is 4.16. The lowest BCUT2D eigenvalue weighted by Gasteiger charge is -2.03. The highest BCUT2D eigenvalue weighted by atomic mass is 79.9. The van der Waals surface area contributed by atoms with E-state index in [1.54, 1.807) is 18.3 Å². The van der Waals surface area contributed by atoms with Crippen LogP contribution in [0.1, 0.15) is 15.9 Å². The number of allylic oxidation sites excluding steroid dienone is 1. The van der Waals surface area contributed by atoms with Crippen molar-refractivity contribution in [1.29, 1.82) is 0 Å². The number of carbonyl (C=O) groups is 1. The van der Waals surface area contributed by atoms with E-state index in [9.17, 15) is 4.79 Å². The number of halogens is 1. The second-order valence-corrected chi connectivity index (χ2v) is 5.08. The Morgan fingerprint density at radius 3 is 2.47 bits per heavy atom. The fourth-order valence-electron chi connectivity index (χ4n) is 1.65. The van der Waals surface area contributed by atoms with E-state index in [1.807, 2.05) is 43.3 Å². The van der Waals surface area contributed by atoms with Gasteiger partial charge in [0.25, 0.3) is 0 Å². The first-order valence-electron chi connectivity index (χ1n) is 5.95. The number of para-hydroxylation sites is 1. The Morgan fingerprint density at radius 1 is 1.11 bits per heavy atom. The minimum absolute atomic E-state index is 0.0198. The van der Waals surface area contributed by atoms with Gasteiger partial charge in [-0.1, -0.05) is 34.1 Å². The molecule has 0 heterocycles. The van der Waals surface area contributed by atoms with Crippen LogP contribution in [0.5, 0.6) is 0 Å². The van der Waals surface area contributed by atoms with E-state index in [0.29, 0.717) is 5.56 Å². The Kier molecular flexibility index (Phi) is 4.53. The lowest BCUT2D eigenvalue weighted by atomic mass is 10.1. The van der Waals surface area contributed by atoms with Crippen LogP contribution in [-0.4, -0.2) is 5.78 Å². The Labute approximate surface area is 121 Å². The molecule has 0 aliphatic heterocycles. The Balaban J connectivity index is 2.01. The van der Waals surface area contributed by atoms with Crippen LogP contribution in [0.25, 0.3) is 0 Å². The molecule has 2 aromatic carbocycles. The molecule has 19 heavy (non-hydrogen) atoms. The summed E-state index contributed by atoms with van der Waals surface area (Å²) in [5.41, 5.74) is 2.82. The molecular weight excluding hydrogens is 302 g/mol. The molecular formula is C16H14BrNO. The number of anilines is 1. The molecule has 3 heteroatoms. The van der Waals surface area contributed by atoms with Crippen LogP contribution >= 0.6 is 15.9 Å². The van der Waals surface area contributed by atoms with E-state index in [-0.39, 0.29) is 5.78 Å². The average Bonchev–Trinajstić information content (AvgIpc) is 2.41. The molecule has 0 aliphatic carbocycles. The van der Waals surface area contributed by atoms with Crippen molar-refractivity contribution < 1.29 is 4.79 Å². The zero-order valence-electron chi connectivity index (χ0n) is 10.6. The number of aryl methyl sites for hydroxylation is 1. The van der Waals surface area contributed by atoms with Gasteiger partial charge in [0.15, 0.2) is 5.78 Å². The molecule has 2 nitrogen and oxygen atoms in total. The summed E-state index contributed by atoms with van der Waals surface area (Å²) < 4.78 is 0.964. The third-order valence-corrected chi connectivity index (χ3v) is 3.28. The summed E-state index contributed by atoms with van der Waals surface area (Å²) in [6, 6.07) is 15.2. The summed E-state index contributed by atoms with van der Waals surface area (Å²) >= 11 is 3.34. The third-order valence-electron chi connectivity index (χ3n) is 2.75. The molecule has 0 bridgehead atoms. The molecule has 0 amide bonds. The van der Waals surface area contributed by atoms with Gasteiger partial charge in [-0.3, -0.25) is 4.79 Å².